The molecule has 0 atom stereocenters. The van der Waals surface area contributed by atoms with Gasteiger partial charge in [0.2, 0.25) is 0 Å². The summed E-state index contributed by atoms with van der Waals surface area (Å²) in [5.74, 6) is -0.0486. The van der Waals surface area contributed by atoms with Crippen LogP contribution in [-0.2, 0) is 0 Å². The van der Waals surface area contributed by atoms with Gasteiger partial charge in [-0.2, -0.15) is 5.26 Å². The molecule has 1 aromatic rings. The van der Waals surface area contributed by atoms with Crippen molar-refractivity contribution in [2.45, 2.75) is 0 Å². The van der Waals surface area contributed by atoms with Gasteiger partial charge in [0.05, 0.1) is 6.20 Å². The van der Waals surface area contributed by atoms with E-state index in [9.17, 15) is 4.79 Å². The van der Waals surface area contributed by atoms with Crippen LogP contribution in [0.5, 0.6) is 0 Å². The summed E-state index contributed by atoms with van der Waals surface area (Å²) in [6, 6.07) is 1.72. The predicted octanol–water partition coefficient (Wildman–Crippen LogP) is -0.557. The highest BCUT2D eigenvalue weighted by molar-refractivity contribution is 5.47. The molecule has 0 radical (unpaired) electrons. The van der Waals surface area contributed by atoms with Crippen LogP contribution in [0.25, 0.3) is 0 Å². The van der Waals surface area contributed by atoms with Crippen molar-refractivity contribution < 1.29 is 5.21 Å². The molecular formula is C5H4N4O2. The molecule has 1 heterocycles. The van der Waals surface area contributed by atoms with Gasteiger partial charge in [0, 0.05) is 0 Å². The van der Waals surface area contributed by atoms with Crippen LogP contribution in [-0.4, -0.2) is 15.2 Å². The van der Waals surface area contributed by atoms with Crippen LogP contribution in [0.3, 0.4) is 0 Å². The first-order valence-corrected chi connectivity index (χ1v) is 2.67. The molecule has 0 spiro atoms. The summed E-state index contributed by atoms with van der Waals surface area (Å²) in [5, 5.41) is 16.8. The van der Waals surface area contributed by atoms with Crippen molar-refractivity contribution in [1.29, 1.82) is 5.26 Å². The molecule has 0 fully saturated rings. The van der Waals surface area contributed by atoms with E-state index in [1.165, 1.54) is 0 Å². The number of aromatic nitrogens is 2. The van der Waals surface area contributed by atoms with E-state index in [4.69, 9.17) is 10.5 Å². The predicted molar refractivity (Wildman–Crippen MR) is 35.0 cm³/mol. The maximum Gasteiger partial charge on any atom is 0.346 e. The monoisotopic (exact) mass is 152 g/mol. The van der Waals surface area contributed by atoms with E-state index in [0.29, 0.717) is 0 Å². The van der Waals surface area contributed by atoms with Gasteiger partial charge in [-0.15, -0.1) is 0 Å². The minimum Gasteiger partial charge on any atom is -0.290 e. The third-order valence-electron chi connectivity index (χ3n) is 1.04. The molecular weight excluding hydrogens is 148 g/mol. The largest absolute Gasteiger partial charge is 0.346 e. The minimum absolute atomic E-state index is 0.0486. The van der Waals surface area contributed by atoms with Gasteiger partial charge in [0.15, 0.2) is 5.82 Å². The highest BCUT2D eigenvalue weighted by atomic mass is 16.5. The van der Waals surface area contributed by atoms with Crippen LogP contribution in [0.2, 0.25) is 0 Å². The molecule has 11 heavy (non-hydrogen) atoms. The number of aromatic amines is 1. The second-order valence-electron chi connectivity index (χ2n) is 1.70. The average Bonchev–Trinajstić information content (AvgIpc) is 2.04. The number of nitriles is 1. The van der Waals surface area contributed by atoms with Gasteiger partial charge in [-0.25, -0.2) is 9.78 Å². The lowest BCUT2D eigenvalue weighted by molar-refractivity contribution is 0.385. The third kappa shape index (κ3) is 1.33. The Kier molecular flexibility index (Phi) is 1.85. The normalized spacial score (nSPS) is 8.73. The lowest BCUT2D eigenvalue weighted by Crippen LogP contribution is -2.13. The Bertz CT molecular complexity index is 350. The lowest BCUT2D eigenvalue weighted by Gasteiger charge is -1.97. The number of nitrogens with one attached hydrogen (secondary N) is 2. The Balaban J connectivity index is 3.30. The van der Waals surface area contributed by atoms with Gasteiger partial charge in [-0.3, -0.25) is 15.7 Å². The maximum absolute atomic E-state index is 10.5. The van der Waals surface area contributed by atoms with Crippen molar-refractivity contribution in [3.63, 3.8) is 0 Å². The molecule has 0 saturated heterocycles. The van der Waals surface area contributed by atoms with Crippen LogP contribution >= 0.6 is 0 Å². The van der Waals surface area contributed by atoms with Crippen LogP contribution in [0.4, 0.5) is 5.82 Å². The summed E-state index contributed by atoms with van der Waals surface area (Å²) in [6.45, 7) is 0. The van der Waals surface area contributed by atoms with E-state index < -0.39 is 5.69 Å². The van der Waals surface area contributed by atoms with E-state index in [0.717, 1.165) is 6.20 Å². The van der Waals surface area contributed by atoms with E-state index in [-0.39, 0.29) is 11.4 Å². The van der Waals surface area contributed by atoms with E-state index in [1.54, 1.807) is 11.5 Å². The van der Waals surface area contributed by atoms with Crippen LogP contribution in [0.15, 0.2) is 11.0 Å². The summed E-state index contributed by atoms with van der Waals surface area (Å²) >= 11 is 0. The Morgan fingerprint density at radius 1 is 1.82 bits per heavy atom. The molecule has 0 aliphatic heterocycles. The van der Waals surface area contributed by atoms with E-state index in [2.05, 4.69) is 9.97 Å². The second-order valence-corrected chi connectivity index (χ2v) is 1.70. The Hall–Kier alpha value is -1.87. The number of hydrogen-bond acceptors (Lipinski definition) is 5. The molecule has 3 N–H and O–H groups in total. The molecule has 0 bridgehead atoms. The van der Waals surface area contributed by atoms with Crippen LogP contribution in [0.1, 0.15) is 5.56 Å². The SMILES string of the molecule is N#Cc1cnc(=O)[nH]c1NO. The van der Waals surface area contributed by atoms with Crippen molar-refractivity contribution in [2.75, 3.05) is 5.48 Å². The maximum atomic E-state index is 10.5. The topological polar surface area (TPSA) is 102 Å². The molecule has 0 aliphatic rings. The number of anilines is 1. The highest BCUT2D eigenvalue weighted by Gasteiger charge is 2.00. The molecule has 0 aromatic carbocycles. The summed E-state index contributed by atoms with van der Waals surface area (Å²) in [6.07, 6.45) is 1.07. The standard InChI is InChI=1S/C5H4N4O2/c6-1-3-2-7-5(10)8-4(3)9-11/h2,11H,(H2,7,8,9,10). The first-order chi connectivity index (χ1) is 5.27. The van der Waals surface area contributed by atoms with Gasteiger partial charge in [-0.1, -0.05) is 0 Å². The van der Waals surface area contributed by atoms with Gasteiger partial charge < -0.3 is 0 Å². The van der Waals surface area contributed by atoms with Crippen molar-refractivity contribution in [1.82, 2.24) is 9.97 Å². The Labute approximate surface area is 61.1 Å². The average molecular weight is 152 g/mol. The Morgan fingerprint density at radius 2 is 2.55 bits per heavy atom. The molecule has 6 nitrogen and oxygen atoms in total. The fraction of sp³-hybridized carbons (Fsp3) is 0. The smallest absolute Gasteiger partial charge is 0.290 e. The first kappa shape index (κ1) is 7.24. The fourth-order valence-corrected chi connectivity index (χ4v) is 0.567. The molecule has 56 valence electrons. The third-order valence-corrected chi connectivity index (χ3v) is 1.04. The molecule has 0 saturated carbocycles. The van der Waals surface area contributed by atoms with Gasteiger partial charge in [0.25, 0.3) is 0 Å². The molecule has 0 amide bonds. The summed E-state index contributed by atoms with van der Waals surface area (Å²) in [4.78, 5) is 15.9. The number of H-pyrrole nitrogens is 1. The summed E-state index contributed by atoms with van der Waals surface area (Å²) < 4.78 is 0. The summed E-state index contributed by atoms with van der Waals surface area (Å²) in [5.41, 5.74) is 1.12. The van der Waals surface area contributed by atoms with Crippen molar-refractivity contribution >= 4 is 5.82 Å². The highest BCUT2D eigenvalue weighted by Crippen LogP contribution is 2.03. The van der Waals surface area contributed by atoms with E-state index >= 15 is 0 Å². The summed E-state index contributed by atoms with van der Waals surface area (Å²) in [7, 11) is 0. The molecule has 0 unspecified atom stereocenters. The molecule has 1 rings (SSSR count). The lowest BCUT2D eigenvalue weighted by atomic mass is 10.3. The second kappa shape index (κ2) is 2.81. The van der Waals surface area contributed by atoms with Crippen molar-refractivity contribution in [3.8, 4) is 6.07 Å². The zero-order chi connectivity index (χ0) is 8.27. The minimum atomic E-state index is -0.624. The Morgan fingerprint density at radius 3 is 3.09 bits per heavy atom. The molecule has 1 aromatic heterocycles. The van der Waals surface area contributed by atoms with Gasteiger partial charge in [-0.05, 0) is 0 Å². The van der Waals surface area contributed by atoms with Gasteiger partial charge >= 0.3 is 5.69 Å². The zero-order valence-corrected chi connectivity index (χ0v) is 5.33. The zero-order valence-electron chi connectivity index (χ0n) is 5.33. The molecule has 0 aliphatic carbocycles. The van der Waals surface area contributed by atoms with Crippen molar-refractivity contribution in [3.05, 3.63) is 22.2 Å². The van der Waals surface area contributed by atoms with Crippen LogP contribution in [0, 0.1) is 11.3 Å². The first-order valence-electron chi connectivity index (χ1n) is 2.67. The quantitative estimate of drug-likeness (QED) is 0.468. The number of rotatable bonds is 1. The molecule has 6 heteroatoms. The fourth-order valence-electron chi connectivity index (χ4n) is 0.567. The van der Waals surface area contributed by atoms with Crippen LogP contribution < -0.4 is 11.2 Å². The van der Waals surface area contributed by atoms with Crippen molar-refractivity contribution in [2.24, 2.45) is 0 Å². The number of hydrogen-bond donors (Lipinski definition) is 3. The number of nitrogens with zero attached hydrogens (tertiary/aromatic N) is 2. The van der Waals surface area contributed by atoms with E-state index in [1.807, 2.05) is 0 Å². The van der Waals surface area contributed by atoms with Gasteiger partial charge in [0.1, 0.15) is 11.6 Å².